The Balaban J connectivity index is 1.25. The largest absolute Gasteiger partial charge is 0.361 e. The van der Waals surface area contributed by atoms with Crippen LogP contribution >= 0.6 is 0 Å². The number of nitrogens with zero attached hydrogens (tertiary/aromatic N) is 2. The molecule has 0 radical (unpaired) electrons. The Bertz CT molecular complexity index is 1070. The number of para-hydroxylation sites is 3. The van der Waals surface area contributed by atoms with Gasteiger partial charge in [0.1, 0.15) is 5.82 Å². The van der Waals surface area contributed by atoms with E-state index >= 15 is 0 Å². The number of aromatic nitrogens is 3. The van der Waals surface area contributed by atoms with Gasteiger partial charge in [-0.2, -0.15) is 0 Å². The number of imidazole rings is 1. The fraction of sp³-hybridized carbons (Fsp3) is 0.273. The van der Waals surface area contributed by atoms with Gasteiger partial charge in [0.2, 0.25) is 5.91 Å². The summed E-state index contributed by atoms with van der Waals surface area (Å²) in [4.78, 5) is 26.2. The minimum atomic E-state index is 0.211. The van der Waals surface area contributed by atoms with Crippen LogP contribution in [0.5, 0.6) is 0 Å². The third-order valence-electron chi connectivity index (χ3n) is 5.66. The van der Waals surface area contributed by atoms with Crippen molar-refractivity contribution in [2.45, 2.75) is 25.2 Å². The summed E-state index contributed by atoms with van der Waals surface area (Å²) >= 11 is 0. The molecular formula is C22H22N4O. The number of rotatable bonds is 3. The molecule has 1 fully saturated rings. The molecule has 0 saturated carbocycles. The van der Waals surface area contributed by atoms with Crippen LogP contribution in [-0.2, 0) is 11.2 Å². The molecule has 136 valence electrons. The Morgan fingerprint density at radius 2 is 1.78 bits per heavy atom. The number of aromatic amines is 2. The van der Waals surface area contributed by atoms with Crippen molar-refractivity contribution in [2.24, 2.45) is 0 Å². The number of H-pyrrole nitrogens is 2. The quantitative estimate of drug-likeness (QED) is 0.581. The van der Waals surface area contributed by atoms with Gasteiger partial charge >= 0.3 is 0 Å². The smallest absolute Gasteiger partial charge is 0.227 e. The van der Waals surface area contributed by atoms with Gasteiger partial charge in [0.05, 0.1) is 17.5 Å². The van der Waals surface area contributed by atoms with Crippen molar-refractivity contribution < 1.29 is 4.79 Å². The number of piperidine rings is 1. The maximum absolute atomic E-state index is 12.8. The summed E-state index contributed by atoms with van der Waals surface area (Å²) in [6, 6.07) is 16.3. The van der Waals surface area contributed by atoms with E-state index in [0.29, 0.717) is 12.3 Å². The lowest BCUT2D eigenvalue weighted by atomic mass is 9.95. The van der Waals surface area contributed by atoms with Crippen molar-refractivity contribution >= 4 is 27.8 Å². The Morgan fingerprint density at radius 3 is 2.59 bits per heavy atom. The van der Waals surface area contributed by atoms with E-state index in [9.17, 15) is 4.79 Å². The average Bonchev–Trinajstić information content (AvgIpc) is 3.32. The summed E-state index contributed by atoms with van der Waals surface area (Å²) in [6.07, 6.45) is 4.34. The summed E-state index contributed by atoms with van der Waals surface area (Å²) in [7, 11) is 0. The standard InChI is InChI=1S/C22H22N4O/c27-21(13-16-14-23-18-6-2-1-5-17(16)18)26-11-9-15(10-12-26)22-24-19-7-3-4-8-20(19)25-22/h1-8,14-15,23H,9-13H2,(H,24,25). The second-order valence-electron chi connectivity index (χ2n) is 7.33. The van der Waals surface area contributed by atoms with Crippen molar-refractivity contribution in [1.82, 2.24) is 19.9 Å². The molecule has 5 rings (SSSR count). The molecule has 3 heterocycles. The Labute approximate surface area is 157 Å². The predicted octanol–water partition coefficient (Wildman–Crippen LogP) is 3.99. The van der Waals surface area contributed by atoms with Crippen LogP contribution in [0.25, 0.3) is 21.9 Å². The van der Waals surface area contributed by atoms with E-state index in [4.69, 9.17) is 4.98 Å². The molecule has 4 aromatic rings. The van der Waals surface area contributed by atoms with Crippen molar-refractivity contribution in [1.29, 1.82) is 0 Å². The predicted molar refractivity (Wildman–Crippen MR) is 107 cm³/mol. The van der Waals surface area contributed by atoms with E-state index in [1.165, 1.54) is 0 Å². The summed E-state index contributed by atoms with van der Waals surface area (Å²) in [6.45, 7) is 1.59. The third kappa shape index (κ3) is 2.99. The first-order valence-corrected chi connectivity index (χ1v) is 9.55. The van der Waals surface area contributed by atoms with Crippen LogP contribution in [-0.4, -0.2) is 38.8 Å². The zero-order chi connectivity index (χ0) is 18.2. The highest BCUT2D eigenvalue weighted by Crippen LogP contribution is 2.28. The Morgan fingerprint density at radius 1 is 1.04 bits per heavy atom. The SMILES string of the molecule is O=C(Cc1c[nH]c2ccccc12)N1CCC(c2nc3ccccc3[nH]2)CC1. The molecule has 1 aliphatic heterocycles. The number of fused-ring (bicyclic) bond motifs is 2. The number of benzene rings is 2. The number of carbonyl (C=O) groups excluding carboxylic acids is 1. The van der Waals surface area contributed by atoms with Crippen molar-refractivity contribution in [3.05, 3.63) is 66.1 Å². The molecule has 1 saturated heterocycles. The number of likely N-dealkylation sites (tertiary alicyclic amines) is 1. The van der Waals surface area contributed by atoms with Gasteiger partial charge in [0.25, 0.3) is 0 Å². The van der Waals surface area contributed by atoms with Crippen LogP contribution in [0.2, 0.25) is 0 Å². The van der Waals surface area contributed by atoms with Crippen LogP contribution in [0.15, 0.2) is 54.7 Å². The molecule has 0 aliphatic carbocycles. The van der Waals surface area contributed by atoms with E-state index in [0.717, 1.165) is 59.3 Å². The van der Waals surface area contributed by atoms with Gasteiger partial charge in [-0.15, -0.1) is 0 Å². The first-order valence-electron chi connectivity index (χ1n) is 9.55. The molecule has 27 heavy (non-hydrogen) atoms. The molecule has 0 unspecified atom stereocenters. The Kier molecular flexibility index (Phi) is 3.93. The minimum Gasteiger partial charge on any atom is -0.361 e. The van der Waals surface area contributed by atoms with Crippen LogP contribution in [0.3, 0.4) is 0 Å². The number of nitrogens with one attached hydrogen (secondary N) is 2. The maximum Gasteiger partial charge on any atom is 0.227 e. The van der Waals surface area contributed by atoms with Gasteiger partial charge in [0.15, 0.2) is 0 Å². The minimum absolute atomic E-state index is 0.211. The molecule has 0 spiro atoms. The highest BCUT2D eigenvalue weighted by Gasteiger charge is 2.26. The van der Waals surface area contributed by atoms with E-state index in [1.54, 1.807) is 0 Å². The van der Waals surface area contributed by atoms with Crippen LogP contribution in [0, 0.1) is 0 Å². The van der Waals surface area contributed by atoms with E-state index in [-0.39, 0.29) is 5.91 Å². The van der Waals surface area contributed by atoms with Gasteiger partial charge in [0, 0.05) is 36.1 Å². The molecule has 1 aliphatic rings. The van der Waals surface area contributed by atoms with Gasteiger partial charge in [-0.05, 0) is 36.6 Å². The summed E-state index contributed by atoms with van der Waals surface area (Å²) in [5, 5.41) is 1.14. The summed E-state index contributed by atoms with van der Waals surface area (Å²) in [5.74, 6) is 1.66. The molecule has 5 heteroatoms. The topological polar surface area (TPSA) is 64.8 Å². The fourth-order valence-electron chi connectivity index (χ4n) is 4.12. The fourth-order valence-corrected chi connectivity index (χ4v) is 4.12. The monoisotopic (exact) mass is 358 g/mol. The van der Waals surface area contributed by atoms with Crippen molar-refractivity contribution in [2.75, 3.05) is 13.1 Å². The second-order valence-corrected chi connectivity index (χ2v) is 7.33. The lowest BCUT2D eigenvalue weighted by molar-refractivity contribution is -0.131. The van der Waals surface area contributed by atoms with Crippen molar-refractivity contribution in [3.8, 4) is 0 Å². The van der Waals surface area contributed by atoms with Crippen LogP contribution in [0.1, 0.15) is 30.1 Å². The number of hydrogen-bond donors (Lipinski definition) is 2. The molecule has 2 aromatic heterocycles. The van der Waals surface area contributed by atoms with E-state index < -0.39 is 0 Å². The van der Waals surface area contributed by atoms with Crippen LogP contribution in [0.4, 0.5) is 0 Å². The van der Waals surface area contributed by atoms with Gasteiger partial charge in [-0.3, -0.25) is 4.79 Å². The maximum atomic E-state index is 12.8. The first kappa shape index (κ1) is 16.1. The second kappa shape index (κ2) is 6.58. The summed E-state index contributed by atoms with van der Waals surface area (Å²) in [5.41, 5.74) is 4.27. The van der Waals surface area contributed by atoms with Gasteiger partial charge in [-0.25, -0.2) is 4.98 Å². The number of hydrogen-bond acceptors (Lipinski definition) is 2. The van der Waals surface area contributed by atoms with Crippen molar-refractivity contribution in [3.63, 3.8) is 0 Å². The number of amides is 1. The lowest BCUT2D eigenvalue weighted by Gasteiger charge is -2.31. The molecule has 0 atom stereocenters. The van der Waals surface area contributed by atoms with Gasteiger partial charge < -0.3 is 14.9 Å². The molecule has 2 aromatic carbocycles. The zero-order valence-electron chi connectivity index (χ0n) is 15.1. The average molecular weight is 358 g/mol. The van der Waals surface area contributed by atoms with E-state index in [2.05, 4.69) is 22.1 Å². The Hall–Kier alpha value is -3.08. The highest BCUT2D eigenvalue weighted by atomic mass is 16.2. The molecule has 2 N–H and O–H groups in total. The molecular weight excluding hydrogens is 336 g/mol. The lowest BCUT2D eigenvalue weighted by Crippen LogP contribution is -2.38. The first-order chi connectivity index (χ1) is 13.3. The van der Waals surface area contributed by atoms with E-state index in [1.807, 2.05) is 47.5 Å². The molecule has 1 amide bonds. The van der Waals surface area contributed by atoms with Gasteiger partial charge in [-0.1, -0.05) is 30.3 Å². The molecule has 0 bridgehead atoms. The zero-order valence-corrected chi connectivity index (χ0v) is 15.1. The highest BCUT2D eigenvalue weighted by molar-refractivity contribution is 5.89. The summed E-state index contributed by atoms with van der Waals surface area (Å²) < 4.78 is 0. The molecule has 5 nitrogen and oxygen atoms in total. The normalized spacial score (nSPS) is 15.6. The third-order valence-corrected chi connectivity index (χ3v) is 5.66. The number of carbonyl (C=O) groups is 1. The van der Waals surface area contributed by atoms with Crippen LogP contribution < -0.4 is 0 Å².